The summed E-state index contributed by atoms with van der Waals surface area (Å²) in [7, 11) is 1.60. The van der Waals surface area contributed by atoms with Gasteiger partial charge in [-0.1, -0.05) is 18.2 Å². The number of amides is 3. The number of urea groups is 1. The fraction of sp³-hybridized carbons (Fsp3) is 0.476. The van der Waals surface area contributed by atoms with Gasteiger partial charge in [-0.2, -0.15) is 0 Å². The molecule has 0 aliphatic carbocycles. The summed E-state index contributed by atoms with van der Waals surface area (Å²) in [6.45, 7) is 4.85. The third kappa shape index (κ3) is 6.79. The smallest absolute Gasteiger partial charge is 0.322 e. The van der Waals surface area contributed by atoms with E-state index in [-0.39, 0.29) is 11.9 Å². The second kappa shape index (κ2) is 11.6. The molecule has 30 heavy (non-hydrogen) atoms. The maximum Gasteiger partial charge on any atom is 0.322 e. The van der Waals surface area contributed by atoms with E-state index in [2.05, 4.69) is 20.5 Å². The van der Waals surface area contributed by atoms with Crippen LogP contribution >= 0.6 is 11.3 Å². The highest BCUT2D eigenvalue weighted by atomic mass is 32.1. The normalized spacial score (nSPS) is 13.9. The molecule has 2 N–H and O–H groups in total. The molecule has 0 bridgehead atoms. The summed E-state index contributed by atoms with van der Waals surface area (Å²) in [4.78, 5) is 33.5. The van der Waals surface area contributed by atoms with Crippen LogP contribution in [0.4, 0.5) is 10.5 Å². The zero-order valence-electron chi connectivity index (χ0n) is 17.3. The Hall–Kier alpha value is -2.49. The standard InChI is InChI=1S/C21H29N5O3S/c1-29-14-13-26(21(28)23-17-7-3-2-4-8-17)15-19-24-18(16-30-19)20(27)22-9-12-25-10-5-6-11-25/h2-4,7-8,16H,5-6,9-15H2,1H3,(H,22,27)(H,23,28). The number of likely N-dealkylation sites (tertiary alicyclic amines) is 1. The second-order valence-electron chi connectivity index (χ2n) is 7.14. The Morgan fingerprint density at radius 3 is 2.73 bits per heavy atom. The molecule has 3 amide bonds. The van der Waals surface area contributed by atoms with E-state index < -0.39 is 0 Å². The Kier molecular flexibility index (Phi) is 8.61. The summed E-state index contributed by atoms with van der Waals surface area (Å²) >= 11 is 1.38. The van der Waals surface area contributed by atoms with Crippen molar-refractivity contribution >= 4 is 29.0 Å². The molecular weight excluding hydrogens is 402 g/mol. The largest absolute Gasteiger partial charge is 0.383 e. The molecule has 1 aromatic carbocycles. The van der Waals surface area contributed by atoms with E-state index in [0.717, 1.165) is 25.3 Å². The van der Waals surface area contributed by atoms with Gasteiger partial charge < -0.3 is 25.2 Å². The summed E-state index contributed by atoms with van der Waals surface area (Å²) in [5, 5.41) is 8.26. The first-order valence-corrected chi connectivity index (χ1v) is 11.1. The first-order chi connectivity index (χ1) is 14.7. The Labute approximate surface area is 181 Å². The fourth-order valence-electron chi connectivity index (χ4n) is 3.25. The minimum absolute atomic E-state index is 0.172. The van der Waals surface area contributed by atoms with Gasteiger partial charge in [-0.3, -0.25) is 4.79 Å². The lowest BCUT2D eigenvalue weighted by molar-refractivity contribution is 0.0945. The molecule has 3 rings (SSSR count). The summed E-state index contributed by atoms with van der Waals surface area (Å²) < 4.78 is 5.13. The lowest BCUT2D eigenvalue weighted by atomic mass is 10.3. The molecule has 9 heteroatoms. The van der Waals surface area contributed by atoms with Crippen LogP contribution in [0.2, 0.25) is 0 Å². The van der Waals surface area contributed by atoms with Gasteiger partial charge in [0.1, 0.15) is 10.7 Å². The number of nitrogens with one attached hydrogen (secondary N) is 2. The molecule has 0 atom stereocenters. The molecule has 162 valence electrons. The number of methoxy groups -OCH3 is 1. The van der Waals surface area contributed by atoms with Gasteiger partial charge in [-0.15, -0.1) is 11.3 Å². The zero-order valence-corrected chi connectivity index (χ0v) is 18.1. The van der Waals surface area contributed by atoms with E-state index in [9.17, 15) is 9.59 Å². The molecular formula is C21H29N5O3S. The van der Waals surface area contributed by atoms with Crippen molar-refractivity contribution < 1.29 is 14.3 Å². The second-order valence-corrected chi connectivity index (χ2v) is 8.08. The van der Waals surface area contributed by atoms with Crippen LogP contribution in [0.3, 0.4) is 0 Å². The number of para-hydroxylation sites is 1. The molecule has 1 aliphatic rings. The predicted molar refractivity (Wildman–Crippen MR) is 118 cm³/mol. The molecule has 1 saturated heterocycles. The number of rotatable bonds is 10. The van der Waals surface area contributed by atoms with Gasteiger partial charge in [0.15, 0.2) is 0 Å². The lowest BCUT2D eigenvalue weighted by Crippen LogP contribution is -2.37. The van der Waals surface area contributed by atoms with Gasteiger partial charge in [0.2, 0.25) is 0 Å². The minimum Gasteiger partial charge on any atom is -0.383 e. The molecule has 0 unspecified atom stereocenters. The average Bonchev–Trinajstić information content (AvgIpc) is 3.44. The van der Waals surface area contributed by atoms with Crippen molar-refractivity contribution in [2.24, 2.45) is 0 Å². The van der Waals surface area contributed by atoms with Crippen LogP contribution in [0, 0.1) is 0 Å². The van der Waals surface area contributed by atoms with Crippen LogP contribution in [0.5, 0.6) is 0 Å². The molecule has 0 radical (unpaired) electrons. The maximum absolute atomic E-state index is 12.7. The monoisotopic (exact) mass is 431 g/mol. The fourth-order valence-corrected chi connectivity index (χ4v) is 4.04. The number of anilines is 1. The number of benzene rings is 1. The number of ether oxygens (including phenoxy) is 1. The minimum atomic E-state index is -0.231. The number of hydrogen-bond acceptors (Lipinski definition) is 6. The van der Waals surface area contributed by atoms with E-state index in [1.54, 1.807) is 17.4 Å². The van der Waals surface area contributed by atoms with Gasteiger partial charge in [0, 0.05) is 37.8 Å². The topological polar surface area (TPSA) is 86.8 Å². The van der Waals surface area contributed by atoms with E-state index in [0.29, 0.717) is 36.9 Å². The molecule has 1 aliphatic heterocycles. The van der Waals surface area contributed by atoms with Crippen LogP contribution < -0.4 is 10.6 Å². The third-order valence-corrected chi connectivity index (χ3v) is 5.73. The van der Waals surface area contributed by atoms with Crippen LogP contribution in [-0.4, -0.2) is 73.2 Å². The predicted octanol–water partition coefficient (Wildman–Crippen LogP) is 2.65. The first kappa shape index (κ1) is 22.2. The van der Waals surface area contributed by atoms with E-state index in [4.69, 9.17) is 4.74 Å². The molecule has 1 aromatic heterocycles. The number of nitrogens with zero attached hydrogens (tertiary/aromatic N) is 3. The zero-order chi connectivity index (χ0) is 21.2. The summed E-state index contributed by atoms with van der Waals surface area (Å²) in [6, 6.07) is 9.06. The van der Waals surface area contributed by atoms with Gasteiger partial charge in [-0.25, -0.2) is 9.78 Å². The van der Waals surface area contributed by atoms with Gasteiger partial charge in [0.25, 0.3) is 5.91 Å². The number of hydrogen-bond donors (Lipinski definition) is 2. The van der Waals surface area contributed by atoms with Crippen molar-refractivity contribution in [1.82, 2.24) is 20.1 Å². The SMILES string of the molecule is COCCN(Cc1nc(C(=O)NCCN2CCCC2)cs1)C(=O)Nc1ccccc1. The third-order valence-electron chi connectivity index (χ3n) is 4.90. The van der Waals surface area contributed by atoms with Crippen molar-refractivity contribution in [3.8, 4) is 0 Å². The number of carbonyl (C=O) groups is 2. The van der Waals surface area contributed by atoms with Gasteiger partial charge in [-0.05, 0) is 38.1 Å². The van der Waals surface area contributed by atoms with Crippen LogP contribution in [0.15, 0.2) is 35.7 Å². The lowest BCUT2D eigenvalue weighted by Gasteiger charge is -2.21. The Balaban J connectivity index is 1.53. The highest BCUT2D eigenvalue weighted by molar-refractivity contribution is 7.09. The summed E-state index contributed by atoms with van der Waals surface area (Å²) in [6.07, 6.45) is 2.47. The van der Waals surface area contributed by atoms with Crippen molar-refractivity contribution in [2.45, 2.75) is 19.4 Å². The Morgan fingerprint density at radius 2 is 2.00 bits per heavy atom. The number of aromatic nitrogens is 1. The van der Waals surface area contributed by atoms with Crippen molar-refractivity contribution in [2.75, 3.05) is 51.8 Å². The van der Waals surface area contributed by atoms with E-state index >= 15 is 0 Å². The molecule has 0 spiro atoms. The molecule has 2 heterocycles. The van der Waals surface area contributed by atoms with E-state index in [1.165, 1.54) is 24.2 Å². The van der Waals surface area contributed by atoms with Crippen LogP contribution in [0.25, 0.3) is 0 Å². The van der Waals surface area contributed by atoms with E-state index in [1.807, 2.05) is 30.3 Å². The maximum atomic E-state index is 12.7. The summed E-state index contributed by atoms with van der Waals surface area (Å²) in [5.41, 5.74) is 1.12. The number of thiazole rings is 1. The average molecular weight is 432 g/mol. The van der Waals surface area contributed by atoms with Crippen molar-refractivity contribution in [3.63, 3.8) is 0 Å². The van der Waals surface area contributed by atoms with Gasteiger partial charge >= 0.3 is 6.03 Å². The Bertz CT molecular complexity index is 808. The quantitative estimate of drug-likeness (QED) is 0.604. The highest BCUT2D eigenvalue weighted by Crippen LogP contribution is 2.14. The molecule has 2 aromatic rings. The number of carbonyl (C=O) groups excluding carboxylic acids is 2. The Morgan fingerprint density at radius 1 is 1.23 bits per heavy atom. The highest BCUT2D eigenvalue weighted by Gasteiger charge is 2.18. The van der Waals surface area contributed by atoms with Crippen LogP contribution in [-0.2, 0) is 11.3 Å². The molecule has 1 fully saturated rings. The van der Waals surface area contributed by atoms with Crippen molar-refractivity contribution in [3.05, 3.63) is 46.4 Å². The molecule has 8 nitrogen and oxygen atoms in total. The first-order valence-electron chi connectivity index (χ1n) is 10.2. The summed E-state index contributed by atoms with van der Waals surface area (Å²) in [5.74, 6) is -0.172. The van der Waals surface area contributed by atoms with Gasteiger partial charge in [0.05, 0.1) is 13.2 Å². The molecule has 0 saturated carbocycles. The van der Waals surface area contributed by atoms with Crippen LogP contribution in [0.1, 0.15) is 28.3 Å². The van der Waals surface area contributed by atoms with Crippen molar-refractivity contribution in [1.29, 1.82) is 0 Å².